The molecule has 1 aromatic carbocycles. The number of ether oxygens (including phenoxy) is 1. The summed E-state index contributed by atoms with van der Waals surface area (Å²) in [5.74, 6) is -0.618. The summed E-state index contributed by atoms with van der Waals surface area (Å²) >= 11 is 0. The Kier molecular flexibility index (Phi) is 4.92. The zero-order valence-corrected chi connectivity index (χ0v) is 14.6. The molecule has 1 unspecified atom stereocenters. The summed E-state index contributed by atoms with van der Waals surface area (Å²) in [5.41, 5.74) is 1.34. The topological polar surface area (TPSA) is 73.5 Å². The summed E-state index contributed by atoms with van der Waals surface area (Å²) in [6.45, 7) is 2.88. The largest absolute Gasteiger partial charge is 0.467 e. The van der Waals surface area contributed by atoms with E-state index < -0.39 is 12.0 Å². The van der Waals surface area contributed by atoms with Crippen LogP contribution in [0.25, 0.3) is 11.0 Å². The highest BCUT2D eigenvalue weighted by Gasteiger charge is 2.33. The number of fused-ring (bicyclic) bond motifs is 1. The number of para-hydroxylation sites is 2. The molecule has 1 saturated heterocycles. The number of methoxy groups -OCH3 is 1. The molecule has 0 aliphatic carbocycles. The van der Waals surface area contributed by atoms with E-state index in [2.05, 4.69) is 0 Å². The minimum atomic E-state index is -0.554. The van der Waals surface area contributed by atoms with Crippen molar-refractivity contribution in [3.63, 3.8) is 0 Å². The quantitative estimate of drug-likeness (QED) is 0.785. The lowest BCUT2D eigenvalue weighted by Crippen LogP contribution is -2.50. The highest BCUT2D eigenvalue weighted by molar-refractivity contribution is 5.86. The van der Waals surface area contributed by atoms with E-state index in [1.165, 1.54) is 11.7 Å². The van der Waals surface area contributed by atoms with Crippen molar-refractivity contribution in [2.75, 3.05) is 13.7 Å². The molecule has 0 bridgehead atoms. The zero-order valence-electron chi connectivity index (χ0n) is 14.6. The smallest absolute Gasteiger partial charge is 0.329 e. The molecule has 0 spiro atoms. The zero-order chi connectivity index (χ0) is 18.0. The molecule has 7 heteroatoms. The normalized spacial score (nSPS) is 17.7. The Labute approximate surface area is 145 Å². The number of aryl methyl sites for hydroxylation is 1. The minimum absolute atomic E-state index is 0.0696. The van der Waals surface area contributed by atoms with Crippen molar-refractivity contribution < 1.29 is 14.3 Å². The first kappa shape index (κ1) is 17.3. The van der Waals surface area contributed by atoms with Gasteiger partial charge in [0.25, 0.3) is 0 Å². The van der Waals surface area contributed by atoms with Gasteiger partial charge in [-0.1, -0.05) is 12.1 Å². The Morgan fingerprint density at radius 3 is 2.48 bits per heavy atom. The summed E-state index contributed by atoms with van der Waals surface area (Å²) in [6.07, 6.45) is 2.34. The van der Waals surface area contributed by atoms with Crippen LogP contribution in [0, 0.1) is 0 Å². The maximum absolute atomic E-state index is 12.8. The van der Waals surface area contributed by atoms with Crippen LogP contribution in [0.15, 0.2) is 29.1 Å². The third kappa shape index (κ3) is 3.06. The number of esters is 1. The number of imidazole rings is 1. The van der Waals surface area contributed by atoms with Gasteiger partial charge in [-0.25, -0.2) is 9.59 Å². The van der Waals surface area contributed by atoms with Crippen molar-refractivity contribution in [1.29, 1.82) is 0 Å². The van der Waals surface area contributed by atoms with Crippen LogP contribution in [-0.2, 0) is 27.4 Å². The molecule has 2 aromatic rings. The number of hydrogen-bond donors (Lipinski definition) is 0. The summed E-state index contributed by atoms with van der Waals surface area (Å²) in [5, 5.41) is 0. The molecule has 0 radical (unpaired) electrons. The maximum Gasteiger partial charge on any atom is 0.329 e. The molecule has 0 saturated carbocycles. The molecule has 1 amide bonds. The Morgan fingerprint density at radius 2 is 1.84 bits per heavy atom. The molecular weight excluding hydrogens is 322 g/mol. The van der Waals surface area contributed by atoms with E-state index in [-0.39, 0.29) is 18.1 Å². The number of rotatable bonds is 4. The number of piperidine rings is 1. The van der Waals surface area contributed by atoms with E-state index in [0.29, 0.717) is 19.5 Å². The van der Waals surface area contributed by atoms with Crippen molar-refractivity contribution in [1.82, 2.24) is 14.0 Å². The lowest BCUT2D eigenvalue weighted by Gasteiger charge is -2.33. The average molecular weight is 345 g/mol. The predicted octanol–water partition coefficient (Wildman–Crippen LogP) is 1.38. The molecule has 1 atom stereocenters. The number of likely N-dealkylation sites (tertiary alicyclic amines) is 1. The van der Waals surface area contributed by atoms with Gasteiger partial charge in [0.15, 0.2) is 0 Å². The fourth-order valence-electron chi connectivity index (χ4n) is 3.57. The molecule has 1 fully saturated rings. The molecule has 1 aliphatic rings. The van der Waals surface area contributed by atoms with Crippen LogP contribution in [0.1, 0.15) is 26.2 Å². The van der Waals surface area contributed by atoms with Gasteiger partial charge in [-0.15, -0.1) is 0 Å². The van der Waals surface area contributed by atoms with Gasteiger partial charge in [0, 0.05) is 13.1 Å². The fraction of sp³-hybridized carbons (Fsp3) is 0.500. The van der Waals surface area contributed by atoms with E-state index in [4.69, 9.17) is 4.74 Å². The number of hydrogen-bond acceptors (Lipinski definition) is 4. The van der Waals surface area contributed by atoms with E-state index in [1.54, 1.807) is 9.47 Å². The second-order valence-corrected chi connectivity index (χ2v) is 6.22. The van der Waals surface area contributed by atoms with Gasteiger partial charge >= 0.3 is 11.7 Å². The highest BCUT2D eigenvalue weighted by Crippen LogP contribution is 2.19. The Morgan fingerprint density at radius 1 is 1.16 bits per heavy atom. The summed E-state index contributed by atoms with van der Waals surface area (Å²) < 4.78 is 7.97. The first-order valence-electron chi connectivity index (χ1n) is 8.63. The third-order valence-electron chi connectivity index (χ3n) is 4.83. The summed E-state index contributed by atoms with van der Waals surface area (Å²) in [6, 6.07) is 6.88. The van der Waals surface area contributed by atoms with Gasteiger partial charge in [0.2, 0.25) is 5.91 Å². The molecule has 134 valence electrons. The SMILES string of the molecule is CCn1c(=O)n(CC(=O)N2CCCCC2C(=O)OC)c2ccccc21. The van der Waals surface area contributed by atoms with Crippen LogP contribution in [0.4, 0.5) is 0 Å². The van der Waals surface area contributed by atoms with Crippen LogP contribution >= 0.6 is 0 Å². The van der Waals surface area contributed by atoms with Gasteiger partial charge in [-0.05, 0) is 38.3 Å². The molecule has 7 nitrogen and oxygen atoms in total. The second kappa shape index (κ2) is 7.13. The molecule has 0 N–H and O–H groups in total. The monoisotopic (exact) mass is 345 g/mol. The Bertz CT molecular complexity index is 852. The Hall–Kier alpha value is -2.57. The van der Waals surface area contributed by atoms with Crippen molar-refractivity contribution in [2.24, 2.45) is 0 Å². The Balaban J connectivity index is 1.93. The van der Waals surface area contributed by atoms with Crippen LogP contribution in [0.3, 0.4) is 0 Å². The molecule has 3 rings (SSSR count). The minimum Gasteiger partial charge on any atom is -0.467 e. The predicted molar refractivity (Wildman–Crippen MR) is 93.2 cm³/mol. The van der Waals surface area contributed by atoms with E-state index in [1.807, 2.05) is 31.2 Å². The fourth-order valence-corrected chi connectivity index (χ4v) is 3.57. The molecule has 1 aliphatic heterocycles. The van der Waals surface area contributed by atoms with Crippen molar-refractivity contribution >= 4 is 22.9 Å². The van der Waals surface area contributed by atoms with Gasteiger partial charge in [-0.2, -0.15) is 0 Å². The highest BCUT2D eigenvalue weighted by atomic mass is 16.5. The van der Waals surface area contributed by atoms with Gasteiger partial charge in [0.1, 0.15) is 12.6 Å². The van der Waals surface area contributed by atoms with E-state index in [9.17, 15) is 14.4 Å². The van der Waals surface area contributed by atoms with Crippen LogP contribution in [0.2, 0.25) is 0 Å². The summed E-state index contributed by atoms with van der Waals surface area (Å²) in [7, 11) is 1.33. The van der Waals surface area contributed by atoms with E-state index >= 15 is 0 Å². The maximum atomic E-state index is 12.8. The molecule has 25 heavy (non-hydrogen) atoms. The van der Waals surface area contributed by atoms with Gasteiger partial charge in [-0.3, -0.25) is 13.9 Å². The number of nitrogens with zero attached hydrogens (tertiary/aromatic N) is 3. The lowest BCUT2D eigenvalue weighted by atomic mass is 10.0. The third-order valence-corrected chi connectivity index (χ3v) is 4.83. The van der Waals surface area contributed by atoms with Crippen molar-refractivity contribution in [2.45, 2.75) is 45.3 Å². The van der Waals surface area contributed by atoms with Crippen LogP contribution < -0.4 is 5.69 Å². The summed E-state index contributed by atoms with van der Waals surface area (Å²) in [4.78, 5) is 39.0. The van der Waals surface area contributed by atoms with Gasteiger partial charge < -0.3 is 9.64 Å². The molecule has 2 heterocycles. The van der Waals surface area contributed by atoms with Crippen LogP contribution in [-0.4, -0.2) is 45.6 Å². The first-order valence-corrected chi connectivity index (χ1v) is 8.63. The number of benzene rings is 1. The molecule has 1 aromatic heterocycles. The second-order valence-electron chi connectivity index (χ2n) is 6.22. The lowest BCUT2D eigenvalue weighted by molar-refractivity contribution is -0.154. The molecular formula is C18H23N3O4. The van der Waals surface area contributed by atoms with Crippen molar-refractivity contribution in [3.8, 4) is 0 Å². The van der Waals surface area contributed by atoms with Crippen LogP contribution in [0.5, 0.6) is 0 Å². The number of amides is 1. The van der Waals surface area contributed by atoms with Gasteiger partial charge in [0.05, 0.1) is 18.1 Å². The first-order chi connectivity index (χ1) is 12.1. The van der Waals surface area contributed by atoms with Crippen molar-refractivity contribution in [3.05, 3.63) is 34.7 Å². The average Bonchev–Trinajstić information content (AvgIpc) is 2.92. The number of aromatic nitrogens is 2. The standard InChI is InChI=1S/C18H23N3O4/c1-3-19-13-8-4-5-9-14(13)21(18(19)24)12-16(22)20-11-7-6-10-15(20)17(23)25-2/h4-5,8-9,15H,3,6-7,10-12H2,1-2H3. The number of carbonyl (C=O) groups excluding carboxylic acids is 2. The van der Waals surface area contributed by atoms with E-state index in [0.717, 1.165) is 23.9 Å². The number of carbonyl (C=O) groups is 2.